The van der Waals surface area contributed by atoms with E-state index < -0.39 is 0 Å². The van der Waals surface area contributed by atoms with Crippen LogP contribution >= 0.6 is 0 Å². The molecule has 1 fully saturated rings. The van der Waals surface area contributed by atoms with Gasteiger partial charge in [-0.15, -0.1) is 0 Å². The molecule has 0 aromatic carbocycles. The molecule has 1 saturated heterocycles. The standard InChI is InChI=1S/C11H17NO/c1-9-4-5-10(13-9)8-12-7-6-11(12,2)3/h4-5H,6-8H2,1-3H3. The van der Waals surface area contributed by atoms with E-state index in [1.165, 1.54) is 13.0 Å². The minimum absolute atomic E-state index is 0.376. The molecular weight excluding hydrogens is 162 g/mol. The maximum Gasteiger partial charge on any atom is 0.118 e. The molecule has 0 N–H and O–H groups in total. The van der Waals surface area contributed by atoms with Crippen LogP contribution in [0.3, 0.4) is 0 Å². The number of hydrogen-bond donors (Lipinski definition) is 0. The first kappa shape index (κ1) is 8.82. The summed E-state index contributed by atoms with van der Waals surface area (Å²) < 4.78 is 5.54. The lowest BCUT2D eigenvalue weighted by Gasteiger charge is -2.48. The fourth-order valence-corrected chi connectivity index (χ4v) is 1.77. The van der Waals surface area contributed by atoms with Crippen molar-refractivity contribution >= 4 is 0 Å². The van der Waals surface area contributed by atoms with Crippen molar-refractivity contribution in [3.05, 3.63) is 23.7 Å². The predicted molar refractivity (Wildman–Crippen MR) is 52.6 cm³/mol. The van der Waals surface area contributed by atoms with Crippen molar-refractivity contribution in [2.24, 2.45) is 0 Å². The van der Waals surface area contributed by atoms with Crippen LogP contribution in [0, 0.1) is 6.92 Å². The Labute approximate surface area is 79.5 Å². The highest BCUT2D eigenvalue weighted by Crippen LogP contribution is 2.31. The van der Waals surface area contributed by atoms with E-state index in [9.17, 15) is 0 Å². The third kappa shape index (κ3) is 1.63. The Kier molecular flexibility index (Phi) is 1.95. The third-order valence-electron chi connectivity index (χ3n) is 2.99. The largest absolute Gasteiger partial charge is 0.465 e. The van der Waals surface area contributed by atoms with Gasteiger partial charge in [-0.1, -0.05) is 0 Å². The highest BCUT2D eigenvalue weighted by molar-refractivity contribution is 5.07. The molecular formula is C11H17NO. The molecule has 1 aromatic rings. The van der Waals surface area contributed by atoms with Crippen molar-refractivity contribution in [1.82, 2.24) is 4.90 Å². The van der Waals surface area contributed by atoms with Crippen molar-refractivity contribution in [2.45, 2.75) is 39.3 Å². The second-order valence-corrected chi connectivity index (χ2v) is 4.50. The zero-order chi connectivity index (χ0) is 9.47. The van der Waals surface area contributed by atoms with Gasteiger partial charge in [-0.3, -0.25) is 4.90 Å². The van der Waals surface area contributed by atoms with Crippen molar-refractivity contribution < 1.29 is 4.42 Å². The van der Waals surface area contributed by atoms with E-state index in [0.717, 1.165) is 18.1 Å². The second kappa shape index (κ2) is 2.88. The second-order valence-electron chi connectivity index (χ2n) is 4.50. The number of nitrogens with zero attached hydrogens (tertiary/aromatic N) is 1. The number of hydrogen-bond acceptors (Lipinski definition) is 2. The van der Waals surface area contributed by atoms with Gasteiger partial charge in [0.1, 0.15) is 11.5 Å². The maximum absolute atomic E-state index is 5.54. The summed E-state index contributed by atoms with van der Waals surface area (Å²) in [4.78, 5) is 2.45. The summed E-state index contributed by atoms with van der Waals surface area (Å²) in [5, 5.41) is 0. The summed E-state index contributed by atoms with van der Waals surface area (Å²) in [5.41, 5.74) is 0.376. The Morgan fingerprint density at radius 1 is 1.46 bits per heavy atom. The fourth-order valence-electron chi connectivity index (χ4n) is 1.77. The predicted octanol–water partition coefficient (Wildman–Crippen LogP) is 2.57. The molecule has 13 heavy (non-hydrogen) atoms. The lowest BCUT2D eigenvalue weighted by atomic mass is 9.89. The van der Waals surface area contributed by atoms with Gasteiger partial charge >= 0.3 is 0 Å². The lowest BCUT2D eigenvalue weighted by molar-refractivity contribution is 0.00223. The summed E-state index contributed by atoms with van der Waals surface area (Å²) in [6.45, 7) is 8.72. The number of rotatable bonds is 2. The summed E-state index contributed by atoms with van der Waals surface area (Å²) in [7, 11) is 0. The average molecular weight is 179 g/mol. The van der Waals surface area contributed by atoms with E-state index in [-0.39, 0.29) is 0 Å². The average Bonchev–Trinajstić information content (AvgIpc) is 2.46. The molecule has 1 aromatic heterocycles. The minimum Gasteiger partial charge on any atom is -0.465 e. The first-order valence-corrected chi connectivity index (χ1v) is 4.88. The number of likely N-dealkylation sites (tertiary alicyclic amines) is 1. The first-order chi connectivity index (χ1) is 6.08. The van der Waals surface area contributed by atoms with Crippen molar-refractivity contribution in [1.29, 1.82) is 0 Å². The Bertz CT molecular complexity index is 301. The van der Waals surface area contributed by atoms with E-state index >= 15 is 0 Å². The molecule has 0 radical (unpaired) electrons. The fraction of sp³-hybridized carbons (Fsp3) is 0.636. The van der Waals surface area contributed by atoms with Crippen LogP contribution in [-0.4, -0.2) is 17.0 Å². The van der Waals surface area contributed by atoms with Crippen LogP contribution in [0.15, 0.2) is 16.5 Å². The van der Waals surface area contributed by atoms with E-state index in [1.54, 1.807) is 0 Å². The molecule has 72 valence electrons. The van der Waals surface area contributed by atoms with Gasteiger partial charge < -0.3 is 4.42 Å². The molecule has 0 bridgehead atoms. The Morgan fingerprint density at radius 2 is 2.23 bits per heavy atom. The van der Waals surface area contributed by atoms with Gasteiger partial charge in [0.05, 0.1) is 6.54 Å². The Hall–Kier alpha value is -0.760. The molecule has 0 atom stereocenters. The van der Waals surface area contributed by atoms with Gasteiger partial charge in [-0.25, -0.2) is 0 Å². The molecule has 0 unspecified atom stereocenters. The number of furan rings is 1. The smallest absolute Gasteiger partial charge is 0.118 e. The SMILES string of the molecule is Cc1ccc(CN2CCC2(C)C)o1. The molecule has 0 saturated carbocycles. The number of aryl methyl sites for hydroxylation is 1. The molecule has 2 heteroatoms. The van der Waals surface area contributed by atoms with Crippen molar-refractivity contribution in [3.8, 4) is 0 Å². The monoisotopic (exact) mass is 179 g/mol. The maximum atomic E-state index is 5.54. The Morgan fingerprint density at radius 3 is 2.62 bits per heavy atom. The molecule has 0 amide bonds. The molecule has 0 spiro atoms. The summed E-state index contributed by atoms with van der Waals surface area (Å²) in [6.07, 6.45) is 1.30. The normalized spacial score (nSPS) is 21.5. The van der Waals surface area contributed by atoms with Crippen LogP contribution in [0.1, 0.15) is 31.8 Å². The third-order valence-corrected chi connectivity index (χ3v) is 2.99. The first-order valence-electron chi connectivity index (χ1n) is 4.88. The van der Waals surface area contributed by atoms with E-state index in [2.05, 4.69) is 24.8 Å². The summed E-state index contributed by atoms with van der Waals surface area (Å²) in [6, 6.07) is 4.10. The molecule has 1 aliphatic rings. The quantitative estimate of drug-likeness (QED) is 0.693. The van der Waals surface area contributed by atoms with E-state index in [1.807, 2.05) is 13.0 Å². The highest BCUT2D eigenvalue weighted by atomic mass is 16.3. The van der Waals surface area contributed by atoms with Crippen LogP contribution in [0.5, 0.6) is 0 Å². The van der Waals surface area contributed by atoms with E-state index in [0.29, 0.717) is 5.54 Å². The van der Waals surface area contributed by atoms with Crippen LogP contribution in [0.25, 0.3) is 0 Å². The Balaban J connectivity index is 1.99. The van der Waals surface area contributed by atoms with E-state index in [4.69, 9.17) is 4.42 Å². The van der Waals surface area contributed by atoms with Gasteiger partial charge in [0.25, 0.3) is 0 Å². The topological polar surface area (TPSA) is 16.4 Å². The molecule has 2 rings (SSSR count). The van der Waals surface area contributed by atoms with Gasteiger partial charge in [-0.2, -0.15) is 0 Å². The molecule has 2 heterocycles. The highest BCUT2D eigenvalue weighted by Gasteiger charge is 2.35. The molecule has 0 aliphatic carbocycles. The van der Waals surface area contributed by atoms with Gasteiger partial charge in [0.15, 0.2) is 0 Å². The molecule has 1 aliphatic heterocycles. The van der Waals surface area contributed by atoms with Crippen LogP contribution in [0.4, 0.5) is 0 Å². The minimum atomic E-state index is 0.376. The van der Waals surface area contributed by atoms with Crippen molar-refractivity contribution in [2.75, 3.05) is 6.54 Å². The van der Waals surface area contributed by atoms with Gasteiger partial charge in [0, 0.05) is 12.1 Å². The van der Waals surface area contributed by atoms with Crippen LogP contribution < -0.4 is 0 Å². The van der Waals surface area contributed by atoms with Gasteiger partial charge in [0.2, 0.25) is 0 Å². The van der Waals surface area contributed by atoms with Crippen LogP contribution in [-0.2, 0) is 6.54 Å². The summed E-state index contributed by atoms with van der Waals surface area (Å²) in [5.74, 6) is 2.10. The van der Waals surface area contributed by atoms with Crippen molar-refractivity contribution in [3.63, 3.8) is 0 Å². The summed E-state index contributed by atoms with van der Waals surface area (Å²) >= 11 is 0. The zero-order valence-electron chi connectivity index (χ0n) is 8.63. The van der Waals surface area contributed by atoms with Gasteiger partial charge in [-0.05, 0) is 39.3 Å². The molecule has 2 nitrogen and oxygen atoms in total. The van der Waals surface area contributed by atoms with Crippen LogP contribution in [0.2, 0.25) is 0 Å². The zero-order valence-corrected chi connectivity index (χ0v) is 8.63. The lowest BCUT2D eigenvalue weighted by Crippen LogP contribution is -2.54.